The van der Waals surface area contributed by atoms with Crippen molar-refractivity contribution in [3.63, 3.8) is 0 Å². The number of rotatable bonds is 6. The summed E-state index contributed by atoms with van der Waals surface area (Å²) in [7, 11) is 0. The minimum absolute atomic E-state index is 0.267. The molecule has 240 valence electrons. The van der Waals surface area contributed by atoms with Crippen LogP contribution < -0.4 is 0 Å². The van der Waals surface area contributed by atoms with E-state index in [1.807, 2.05) is 0 Å². The van der Waals surface area contributed by atoms with Crippen molar-refractivity contribution in [3.8, 4) is 12.1 Å². The first kappa shape index (κ1) is 32.2. The molecule has 1 aliphatic rings. The van der Waals surface area contributed by atoms with E-state index in [1.165, 1.54) is 36.4 Å². The summed E-state index contributed by atoms with van der Waals surface area (Å²) in [5.74, 6) is -2.17. The number of allylic oxidation sites excluding steroid dienone is 3. The van der Waals surface area contributed by atoms with E-state index in [4.69, 9.17) is 6.57 Å². The van der Waals surface area contributed by atoms with Crippen LogP contribution in [0, 0.1) is 47.1 Å². The molecule has 0 N–H and O–H groups in total. The Bertz CT molecular complexity index is 2270. The van der Waals surface area contributed by atoms with Crippen LogP contribution in [0.15, 0.2) is 144 Å². The van der Waals surface area contributed by atoms with Crippen LogP contribution in [0.25, 0.3) is 21.6 Å². The molecule has 0 spiro atoms. The first-order chi connectivity index (χ1) is 24.9. The number of hydrogen-bond donors (Lipinski definition) is 0. The second-order valence-corrected chi connectivity index (χ2v) is 11.3. The van der Waals surface area contributed by atoms with Gasteiger partial charge in [-0.1, -0.05) is 66.7 Å². The van der Waals surface area contributed by atoms with E-state index in [0.717, 1.165) is 0 Å². The molecule has 0 bridgehead atoms. The fraction of sp³-hybridized carbons (Fsp3) is 0. The van der Waals surface area contributed by atoms with E-state index >= 15 is 0 Å². The van der Waals surface area contributed by atoms with Crippen molar-refractivity contribution in [2.45, 2.75) is 0 Å². The second-order valence-electron chi connectivity index (χ2n) is 11.3. The normalized spacial score (nSPS) is 13.8. The Balaban J connectivity index is 1.71. The average Bonchev–Trinajstić information content (AvgIpc) is 3.85. The molecule has 0 radical (unpaired) electrons. The molecule has 0 aliphatic heterocycles. The summed E-state index contributed by atoms with van der Waals surface area (Å²) < 4.78 is 44.7. The molecule has 51 heavy (non-hydrogen) atoms. The fourth-order valence-corrected chi connectivity index (χ4v) is 5.97. The van der Waals surface area contributed by atoms with Crippen molar-refractivity contribution in [2.75, 3.05) is 0 Å². The van der Waals surface area contributed by atoms with Gasteiger partial charge in [0.1, 0.15) is 0 Å². The van der Waals surface area contributed by atoms with Crippen molar-refractivity contribution in [1.82, 2.24) is 15.0 Å². The molecule has 3 heterocycles. The lowest BCUT2D eigenvalue weighted by atomic mass is 9.97. The monoisotopic (exact) mass is 666 g/mol. The SMILES string of the molecule is [C-]#[N+]c1ccc(C(=C2C(=C(c3ccc(C#N)cc3)c3cccc(F)n3)C2=C(c2ccc(C#N)cc2)c2cccc(F)n2)c2cccc(F)n2)cc1. The molecule has 1 fully saturated rings. The highest BCUT2D eigenvalue weighted by Crippen LogP contribution is 2.59. The Labute approximate surface area is 290 Å². The molecule has 0 atom stereocenters. The van der Waals surface area contributed by atoms with Crippen molar-refractivity contribution in [2.24, 2.45) is 0 Å². The molecule has 0 saturated heterocycles. The number of nitrogens with zero attached hydrogens (tertiary/aromatic N) is 6. The molecule has 3 aromatic heterocycles. The first-order valence-corrected chi connectivity index (χ1v) is 15.5. The lowest BCUT2D eigenvalue weighted by Gasteiger charge is -2.09. The Morgan fingerprint density at radius 3 is 1.06 bits per heavy atom. The van der Waals surface area contributed by atoms with Crippen LogP contribution in [0.2, 0.25) is 0 Å². The summed E-state index contributed by atoms with van der Waals surface area (Å²) in [5, 5.41) is 19.1. The van der Waals surface area contributed by atoms with Crippen LogP contribution in [0.4, 0.5) is 18.9 Å². The maximum Gasteiger partial charge on any atom is 0.213 e. The Morgan fingerprint density at radius 1 is 0.471 bits per heavy atom. The average molecular weight is 667 g/mol. The largest absolute Gasteiger partial charge is 0.238 e. The highest BCUT2D eigenvalue weighted by Gasteiger charge is 2.42. The summed E-state index contributed by atoms with van der Waals surface area (Å²) in [6, 6.07) is 37.7. The molecular formula is C42H21F3N6. The van der Waals surface area contributed by atoms with E-state index in [-0.39, 0.29) is 17.1 Å². The van der Waals surface area contributed by atoms with E-state index in [9.17, 15) is 23.7 Å². The second kappa shape index (κ2) is 13.6. The van der Waals surface area contributed by atoms with E-state index in [0.29, 0.717) is 66.9 Å². The molecule has 0 amide bonds. The number of benzene rings is 3. The zero-order valence-corrected chi connectivity index (χ0v) is 26.4. The van der Waals surface area contributed by atoms with Crippen LogP contribution in [-0.2, 0) is 0 Å². The van der Waals surface area contributed by atoms with Crippen molar-refractivity contribution >= 4 is 22.4 Å². The summed E-state index contributed by atoms with van der Waals surface area (Å²) in [5.41, 5.74) is 6.95. The zero-order chi connectivity index (χ0) is 35.5. The first-order valence-electron chi connectivity index (χ1n) is 15.5. The molecular weight excluding hydrogens is 645 g/mol. The van der Waals surface area contributed by atoms with Crippen LogP contribution >= 0.6 is 0 Å². The number of nitriles is 2. The summed E-state index contributed by atoms with van der Waals surface area (Å²) in [6.07, 6.45) is 0. The quantitative estimate of drug-likeness (QED) is 0.131. The fourth-order valence-electron chi connectivity index (χ4n) is 5.97. The topological polar surface area (TPSA) is 90.6 Å². The van der Waals surface area contributed by atoms with Gasteiger partial charge >= 0.3 is 0 Å². The van der Waals surface area contributed by atoms with E-state index < -0.39 is 17.8 Å². The standard InChI is InChI=1S/C42H21F3N6/c1-48-30-21-19-29(20-22-30)39(33-7-4-10-36(45)51-33)42-40(37(31-5-2-8-34(43)49-31)27-15-11-25(23-46)12-16-27)41(42)38(32-6-3-9-35(44)50-32)28-17-13-26(24-47)14-18-28/h2-22H. The number of pyridine rings is 3. The lowest BCUT2D eigenvalue weighted by Crippen LogP contribution is -1.96. The van der Waals surface area contributed by atoms with Gasteiger partial charge in [0.25, 0.3) is 0 Å². The smallest absolute Gasteiger partial charge is 0.213 e. The van der Waals surface area contributed by atoms with Gasteiger partial charge in [0.2, 0.25) is 17.8 Å². The van der Waals surface area contributed by atoms with Crippen molar-refractivity contribution in [3.05, 3.63) is 218 Å². The number of aromatic nitrogens is 3. The highest BCUT2D eigenvalue weighted by molar-refractivity contribution is 6.12. The Hall–Kier alpha value is -7.41. The Morgan fingerprint density at radius 2 is 0.784 bits per heavy atom. The van der Waals surface area contributed by atoms with Gasteiger partial charge in [0, 0.05) is 33.4 Å². The van der Waals surface area contributed by atoms with Gasteiger partial charge in [-0.2, -0.15) is 23.7 Å². The minimum atomic E-state index is -0.725. The van der Waals surface area contributed by atoms with Crippen LogP contribution in [0.3, 0.4) is 0 Å². The third-order valence-corrected chi connectivity index (χ3v) is 8.24. The molecule has 1 aliphatic carbocycles. The van der Waals surface area contributed by atoms with Gasteiger partial charge in [-0.15, -0.1) is 0 Å². The number of halogens is 3. The summed E-state index contributed by atoms with van der Waals surface area (Å²) in [6.45, 7) is 7.48. The van der Waals surface area contributed by atoms with Gasteiger partial charge in [-0.3, -0.25) is 0 Å². The van der Waals surface area contributed by atoms with E-state index in [1.54, 1.807) is 91.0 Å². The molecule has 9 heteroatoms. The highest BCUT2D eigenvalue weighted by atomic mass is 19.1. The van der Waals surface area contributed by atoms with Gasteiger partial charge < -0.3 is 0 Å². The van der Waals surface area contributed by atoms with Gasteiger partial charge in [0.15, 0.2) is 5.69 Å². The van der Waals surface area contributed by atoms with Gasteiger partial charge in [-0.25, -0.2) is 19.8 Å². The lowest BCUT2D eigenvalue weighted by molar-refractivity contribution is 0.582. The van der Waals surface area contributed by atoms with Gasteiger partial charge in [-0.05, 0) is 77.4 Å². The van der Waals surface area contributed by atoms with Crippen molar-refractivity contribution in [1.29, 1.82) is 10.5 Å². The van der Waals surface area contributed by atoms with Crippen LogP contribution in [0.5, 0.6) is 0 Å². The molecule has 3 aromatic carbocycles. The Kier molecular flexibility index (Phi) is 8.58. The predicted octanol–water partition coefficient (Wildman–Crippen LogP) is 9.40. The van der Waals surface area contributed by atoms with Crippen molar-refractivity contribution < 1.29 is 13.2 Å². The number of hydrogen-bond acceptors (Lipinski definition) is 5. The molecule has 6 nitrogen and oxygen atoms in total. The van der Waals surface area contributed by atoms with Gasteiger partial charge in [0.05, 0.1) is 46.9 Å². The molecule has 0 unspecified atom stereocenters. The minimum Gasteiger partial charge on any atom is -0.238 e. The van der Waals surface area contributed by atoms with Crippen LogP contribution in [-0.4, -0.2) is 15.0 Å². The molecule has 7 rings (SSSR count). The molecule has 6 aromatic rings. The molecule has 1 saturated carbocycles. The summed E-state index contributed by atoms with van der Waals surface area (Å²) in [4.78, 5) is 16.3. The van der Waals surface area contributed by atoms with Crippen LogP contribution in [0.1, 0.15) is 44.9 Å². The third kappa shape index (κ3) is 6.41. The van der Waals surface area contributed by atoms with E-state index in [2.05, 4.69) is 31.9 Å². The summed E-state index contributed by atoms with van der Waals surface area (Å²) >= 11 is 0. The zero-order valence-electron chi connectivity index (χ0n) is 26.4. The maximum absolute atomic E-state index is 14.9. The maximum atomic E-state index is 14.9. The predicted molar refractivity (Wildman–Crippen MR) is 186 cm³/mol. The third-order valence-electron chi connectivity index (χ3n) is 8.24.